The van der Waals surface area contributed by atoms with Gasteiger partial charge in [0.2, 0.25) is 10.0 Å². The second-order valence-electron chi connectivity index (χ2n) is 3.04. The van der Waals surface area contributed by atoms with E-state index in [1.54, 1.807) is 11.8 Å². The molecule has 1 rings (SSSR count). The molecule has 0 unspecified atom stereocenters. The van der Waals surface area contributed by atoms with Crippen LogP contribution in [0.1, 0.15) is 6.92 Å². The molecule has 0 spiro atoms. The first-order valence-electron chi connectivity index (χ1n) is 4.86. The van der Waals surface area contributed by atoms with Gasteiger partial charge >= 0.3 is 0 Å². The number of nitrogens with zero attached hydrogens (tertiary/aromatic N) is 1. The third kappa shape index (κ3) is 4.75. The van der Waals surface area contributed by atoms with Crippen LogP contribution in [0.25, 0.3) is 0 Å². The van der Waals surface area contributed by atoms with E-state index in [9.17, 15) is 8.42 Å². The average molecular weight is 360 g/mol. The van der Waals surface area contributed by atoms with Crippen molar-refractivity contribution in [2.45, 2.75) is 11.8 Å². The van der Waals surface area contributed by atoms with Gasteiger partial charge in [0.1, 0.15) is 10.0 Å². The minimum absolute atomic E-state index is 0.107. The number of nitrogens with one attached hydrogen (secondary N) is 1. The fourth-order valence-corrected chi connectivity index (χ4v) is 3.30. The van der Waals surface area contributed by atoms with Gasteiger partial charge in [-0.2, -0.15) is 11.8 Å². The smallest absolute Gasteiger partial charge is 0.242 e. The first-order chi connectivity index (χ1) is 7.97. The standard InChI is InChI=1S/C9H12BrClN2O2S2/c1-2-16-4-3-13-17(14,15)7-5-8(10)9(11)12-6-7/h5-6,13H,2-4H2,1H3. The molecule has 0 bridgehead atoms. The van der Waals surface area contributed by atoms with Gasteiger partial charge in [0, 0.05) is 18.5 Å². The summed E-state index contributed by atoms with van der Waals surface area (Å²) in [5.74, 6) is 1.72. The van der Waals surface area contributed by atoms with Gasteiger partial charge in [-0.05, 0) is 27.7 Å². The number of aromatic nitrogens is 1. The van der Waals surface area contributed by atoms with Gasteiger partial charge in [-0.15, -0.1) is 0 Å². The molecule has 17 heavy (non-hydrogen) atoms. The van der Waals surface area contributed by atoms with Crippen LogP contribution in [-0.2, 0) is 10.0 Å². The van der Waals surface area contributed by atoms with Gasteiger partial charge in [0.15, 0.2) is 0 Å². The molecule has 0 saturated carbocycles. The third-order valence-electron chi connectivity index (χ3n) is 1.82. The molecule has 1 heterocycles. The van der Waals surface area contributed by atoms with E-state index >= 15 is 0 Å². The highest BCUT2D eigenvalue weighted by atomic mass is 79.9. The molecule has 1 aromatic heterocycles. The number of rotatable bonds is 6. The van der Waals surface area contributed by atoms with Gasteiger partial charge in [-0.1, -0.05) is 18.5 Å². The van der Waals surface area contributed by atoms with E-state index in [1.807, 2.05) is 6.92 Å². The number of sulfonamides is 1. The number of thioether (sulfide) groups is 1. The molecule has 0 atom stereocenters. The molecule has 0 aromatic carbocycles. The maximum atomic E-state index is 11.8. The zero-order chi connectivity index (χ0) is 12.9. The summed E-state index contributed by atoms with van der Waals surface area (Å²) in [5.41, 5.74) is 0. The molecule has 1 aromatic rings. The lowest BCUT2D eigenvalue weighted by Crippen LogP contribution is -2.26. The summed E-state index contributed by atoms with van der Waals surface area (Å²) in [5, 5.41) is 0.241. The topological polar surface area (TPSA) is 59.1 Å². The first kappa shape index (κ1) is 15.2. The number of pyridine rings is 1. The van der Waals surface area contributed by atoms with Gasteiger partial charge in [-0.25, -0.2) is 18.1 Å². The Morgan fingerprint density at radius 2 is 2.29 bits per heavy atom. The lowest BCUT2D eigenvalue weighted by Gasteiger charge is -2.06. The van der Waals surface area contributed by atoms with E-state index in [1.165, 1.54) is 12.3 Å². The zero-order valence-electron chi connectivity index (χ0n) is 9.11. The summed E-state index contributed by atoms with van der Waals surface area (Å²) < 4.78 is 26.6. The summed E-state index contributed by atoms with van der Waals surface area (Å²) in [6.07, 6.45) is 1.24. The Hall–Kier alpha value is 0.180. The Balaban J connectivity index is 2.72. The third-order valence-corrected chi connectivity index (χ3v) is 5.29. The van der Waals surface area contributed by atoms with Crippen LogP contribution in [0.2, 0.25) is 5.15 Å². The van der Waals surface area contributed by atoms with Gasteiger partial charge in [0.25, 0.3) is 0 Å². The van der Waals surface area contributed by atoms with Crippen LogP contribution in [0.4, 0.5) is 0 Å². The Morgan fingerprint density at radius 1 is 1.59 bits per heavy atom. The highest BCUT2D eigenvalue weighted by Crippen LogP contribution is 2.22. The Labute approximate surface area is 119 Å². The van der Waals surface area contributed by atoms with Crippen molar-refractivity contribution < 1.29 is 8.42 Å². The molecule has 0 aliphatic rings. The molecule has 8 heteroatoms. The van der Waals surface area contributed by atoms with Gasteiger partial charge in [0.05, 0.1) is 4.47 Å². The van der Waals surface area contributed by atoms with Crippen LogP contribution in [-0.4, -0.2) is 31.5 Å². The van der Waals surface area contributed by atoms with E-state index in [0.717, 1.165) is 11.5 Å². The van der Waals surface area contributed by atoms with Crippen molar-refractivity contribution in [3.05, 3.63) is 21.9 Å². The van der Waals surface area contributed by atoms with Crippen molar-refractivity contribution in [2.24, 2.45) is 0 Å². The molecule has 4 nitrogen and oxygen atoms in total. The molecule has 96 valence electrons. The average Bonchev–Trinajstić information content (AvgIpc) is 2.28. The molecular formula is C9H12BrClN2O2S2. The molecule has 0 radical (unpaired) electrons. The summed E-state index contributed by atoms with van der Waals surface area (Å²) in [6.45, 7) is 2.43. The molecular weight excluding hydrogens is 348 g/mol. The summed E-state index contributed by atoms with van der Waals surface area (Å²) in [4.78, 5) is 3.89. The normalized spacial score (nSPS) is 11.7. The first-order valence-corrected chi connectivity index (χ1v) is 8.66. The van der Waals surface area contributed by atoms with Crippen LogP contribution >= 0.6 is 39.3 Å². The quantitative estimate of drug-likeness (QED) is 0.626. The van der Waals surface area contributed by atoms with E-state index in [-0.39, 0.29) is 10.0 Å². The molecule has 1 N–H and O–H groups in total. The maximum Gasteiger partial charge on any atom is 0.242 e. The van der Waals surface area contributed by atoms with Crippen LogP contribution in [0.5, 0.6) is 0 Å². The SMILES string of the molecule is CCSCCNS(=O)(=O)c1cnc(Cl)c(Br)c1. The van der Waals surface area contributed by atoms with E-state index in [2.05, 4.69) is 25.6 Å². The van der Waals surface area contributed by atoms with Crippen molar-refractivity contribution >= 4 is 49.3 Å². The maximum absolute atomic E-state index is 11.8. The predicted octanol–water partition coefficient (Wildman–Crippen LogP) is 2.53. The Morgan fingerprint density at radius 3 is 2.88 bits per heavy atom. The summed E-state index contributed by atoms with van der Waals surface area (Å²) in [6, 6.07) is 1.44. The Kier molecular flexibility index (Phi) is 6.22. The van der Waals surface area contributed by atoms with E-state index in [4.69, 9.17) is 11.6 Å². The largest absolute Gasteiger partial charge is 0.242 e. The highest BCUT2D eigenvalue weighted by molar-refractivity contribution is 9.10. The minimum Gasteiger partial charge on any atom is -0.242 e. The highest BCUT2D eigenvalue weighted by Gasteiger charge is 2.15. The second kappa shape index (κ2) is 6.94. The second-order valence-corrected chi connectivity index (χ2v) is 7.41. The van der Waals surface area contributed by atoms with Crippen molar-refractivity contribution in [1.29, 1.82) is 0 Å². The fraction of sp³-hybridized carbons (Fsp3) is 0.444. The van der Waals surface area contributed by atoms with Crippen molar-refractivity contribution in [2.75, 3.05) is 18.1 Å². The fourth-order valence-electron chi connectivity index (χ4n) is 1.03. The van der Waals surface area contributed by atoms with Crippen LogP contribution in [0.15, 0.2) is 21.6 Å². The van der Waals surface area contributed by atoms with Gasteiger partial charge < -0.3 is 0 Å². The monoisotopic (exact) mass is 358 g/mol. The molecule has 0 saturated heterocycles. The van der Waals surface area contributed by atoms with Crippen LogP contribution < -0.4 is 4.72 Å². The van der Waals surface area contributed by atoms with Crippen LogP contribution in [0.3, 0.4) is 0 Å². The summed E-state index contributed by atoms with van der Waals surface area (Å²) in [7, 11) is -3.49. The molecule has 0 aliphatic carbocycles. The van der Waals surface area contributed by atoms with E-state index < -0.39 is 10.0 Å². The van der Waals surface area contributed by atoms with Crippen LogP contribution in [0, 0.1) is 0 Å². The number of halogens is 2. The summed E-state index contributed by atoms with van der Waals surface area (Å²) >= 11 is 10.5. The van der Waals surface area contributed by atoms with Gasteiger partial charge in [-0.3, -0.25) is 0 Å². The van der Waals surface area contributed by atoms with Crippen molar-refractivity contribution in [3.63, 3.8) is 0 Å². The number of hydrogen-bond donors (Lipinski definition) is 1. The minimum atomic E-state index is -3.49. The van der Waals surface area contributed by atoms with Crippen molar-refractivity contribution in [1.82, 2.24) is 9.71 Å². The molecule has 0 aliphatic heterocycles. The number of hydrogen-bond acceptors (Lipinski definition) is 4. The molecule has 0 amide bonds. The van der Waals surface area contributed by atoms with E-state index in [0.29, 0.717) is 11.0 Å². The lowest BCUT2D eigenvalue weighted by molar-refractivity contribution is 0.583. The predicted molar refractivity (Wildman–Crippen MR) is 75.1 cm³/mol. The lowest BCUT2D eigenvalue weighted by atomic mass is 10.5. The van der Waals surface area contributed by atoms with Crippen molar-refractivity contribution in [3.8, 4) is 0 Å². The molecule has 0 fully saturated rings. The Bertz CT molecular complexity index is 482. The zero-order valence-corrected chi connectivity index (χ0v) is 13.1.